The van der Waals surface area contributed by atoms with Crippen molar-refractivity contribution in [2.24, 2.45) is 10.1 Å². The van der Waals surface area contributed by atoms with Gasteiger partial charge >= 0.3 is 0 Å². The van der Waals surface area contributed by atoms with Gasteiger partial charge in [-0.15, -0.1) is 0 Å². The van der Waals surface area contributed by atoms with Crippen molar-refractivity contribution in [3.63, 3.8) is 0 Å². The molecule has 2 aromatic rings. The van der Waals surface area contributed by atoms with Gasteiger partial charge in [0.25, 0.3) is 5.91 Å². The van der Waals surface area contributed by atoms with Crippen LogP contribution in [0, 0.1) is 5.41 Å². The van der Waals surface area contributed by atoms with E-state index in [4.69, 9.17) is 14.9 Å². The lowest BCUT2D eigenvalue weighted by molar-refractivity contribution is -0.133. The van der Waals surface area contributed by atoms with Crippen LogP contribution < -0.4 is 4.74 Å². The Bertz CT molecular complexity index is 1270. The number of morpholine rings is 1. The summed E-state index contributed by atoms with van der Waals surface area (Å²) < 4.78 is 11.3. The Kier molecular flexibility index (Phi) is 6.97. The third-order valence-electron chi connectivity index (χ3n) is 5.94. The average molecular weight is 504 g/mol. The maximum Gasteiger partial charge on any atom is 0.283 e. The molecule has 2 amide bonds. The number of amidine groups is 2. The van der Waals surface area contributed by atoms with E-state index in [-0.39, 0.29) is 29.8 Å². The van der Waals surface area contributed by atoms with Gasteiger partial charge < -0.3 is 14.4 Å². The summed E-state index contributed by atoms with van der Waals surface area (Å²) in [6, 6.07) is 17.3. The number of thioether (sulfide) groups is 1. The molecule has 0 radical (unpaired) electrons. The number of aliphatic imine (C=N–C) groups is 1. The number of amides is 2. The molecule has 184 valence electrons. The minimum absolute atomic E-state index is 0.0532. The van der Waals surface area contributed by atoms with E-state index >= 15 is 0 Å². The summed E-state index contributed by atoms with van der Waals surface area (Å²) in [7, 11) is 0. The zero-order chi connectivity index (χ0) is 25.1. The molecule has 0 aliphatic carbocycles. The van der Waals surface area contributed by atoms with Gasteiger partial charge in [-0.2, -0.15) is 15.1 Å². The minimum Gasteiger partial charge on any atom is -0.486 e. The predicted molar refractivity (Wildman–Crippen MR) is 139 cm³/mol. The first kappa shape index (κ1) is 24.0. The quantitative estimate of drug-likeness (QED) is 0.603. The molecule has 0 saturated carbocycles. The fraction of sp³-hybridized carbons (Fsp3) is 0.269. The molecule has 0 spiro atoms. The van der Waals surface area contributed by atoms with E-state index in [1.807, 2.05) is 61.5 Å². The lowest BCUT2D eigenvalue weighted by Gasteiger charge is -2.26. The molecule has 0 aromatic heterocycles. The highest BCUT2D eigenvalue weighted by Gasteiger charge is 2.36. The normalized spacial score (nSPS) is 19.6. The Morgan fingerprint density at radius 2 is 1.89 bits per heavy atom. The van der Waals surface area contributed by atoms with Gasteiger partial charge in [-0.1, -0.05) is 42.5 Å². The Morgan fingerprint density at radius 1 is 1.17 bits per heavy atom. The van der Waals surface area contributed by atoms with Gasteiger partial charge in [0.1, 0.15) is 16.9 Å². The van der Waals surface area contributed by atoms with Crippen LogP contribution in [0.4, 0.5) is 0 Å². The van der Waals surface area contributed by atoms with E-state index < -0.39 is 5.91 Å². The lowest BCUT2D eigenvalue weighted by atomic mass is 10.1. The van der Waals surface area contributed by atoms with Gasteiger partial charge in [0.15, 0.2) is 5.84 Å². The summed E-state index contributed by atoms with van der Waals surface area (Å²) in [5, 5.41) is 15.1. The molecule has 3 aliphatic rings. The molecule has 36 heavy (non-hydrogen) atoms. The highest BCUT2D eigenvalue weighted by Crippen LogP contribution is 2.30. The van der Waals surface area contributed by atoms with Crippen LogP contribution in [0.25, 0.3) is 6.08 Å². The number of rotatable bonds is 6. The molecule has 3 heterocycles. The molecule has 1 fully saturated rings. The maximum atomic E-state index is 12.7. The van der Waals surface area contributed by atoms with Crippen molar-refractivity contribution >= 4 is 45.7 Å². The number of hydrogen-bond acceptors (Lipinski definition) is 7. The first-order chi connectivity index (χ1) is 17.5. The van der Waals surface area contributed by atoms with E-state index in [2.05, 4.69) is 10.1 Å². The van der Waals surface area contributed by atoms with Crippen molar-refractivity contribution in [1.29, 1.82) is 5.41 Å². The topological polar surface area (TPSA) is 108 Å². The number of ether oxygens (including phenoxy) is 2. The Balaban J connectivity index is 1.26. The van der Waals surface area contributed by atoms with Gasteiger partial charge in [-0.25, -0.2) is 0 Å². The summed E-state index contributed by atoms with van der Waals surface area (Å²) in [5.41, 5.74) is 1.95. The third-order valence-corrected chi connectivity index (χ3v) is 6.84. The van der Waals surface area contributed by atoms with Crippen molar-refractivity contribution < 1.29 is 19.1 Å². The highest BCUT2D eigenvalue weighted by molar-refractivity contribution is 8.27. The van der Waals surface area contributed by atoms with Gasteiger partial charge in [-0.3, -0.25) is 15.0 Å². The first-order valence-corrected chi connectivity index (χ1v) is 12.5. The van der Waals surface area contributed by atoms with E-state index in [9.17, 15) is 9.59 Å². The largest absolute Gasteiger partial charge is 0.486 e. The lowest BCUT2D eigenvalue weighted by Crippen LogP contribution is -2.41. The fourth-order valence-electron chi connectivity index (χ4n) is 3.96. The van der Waals surface area contributed by atoms with Gasteiger partial charge in [0, 0.05) is 13.1 Å². The monoisotopic (exact) mass is 503 g/mol. The number of carbonyl (C=O) groups excluding carboxylic acids is 2. The highest BCUT2D eigenvalue weighted by atomic mass is 32.2. The average Bonchev–Trinajstić information content (AvgIpc) is 3.30. The summed E-state index contributed by atoms with van der Waals surface area (Å²) in [4.78, 5) is 31.1. The predicted octanol–water partition coefficient (Wildman–Crippen LogP) is 3.69. The van der Waals surface area contributed by atoms with Crippen LogP contribution in [0.2, 0.25) is 0 Å². The first-order valence-electron chi connectivity index (χ1n) is 11.6. The molecular weight excluding hydrogens is 478 g/mol. The number of hydrazone groups is 1. The standard InChI is InChI=1S/C26H25N5O4S/c1-17(19-5-3-2-4-6-19)35-20-9-7-18(8-10-20)15-21-24(27)31-26(28-25(21)33)36-22(29-31)16-23(32)30-11-13-34-14-12-30/h2-10,15,17,27H,11-14,16H2,1H3/b21-15-,27-24?/t17-/m1/s1. The SMILES string of the molecule is C[C@@H](Oc1ccc(/C=C2/C(=N)N3N=C(CC(=O)N4CCOCC4)SC3=NC2=O)cc1)c1ccccc1. The fourth-order valence-corrected chi connectivity index (χ4v) is 4.84. The van der Waals surface area contributed by atoms with Crippen LogP contribution in [0.15, 0.2) is 70.3 Å². The van der Waals surface area contributed by atoms with Crippen LogP contribution in [0.3, 0.4) is 0 Å². The van der Waals surface area contributed by atoms with E-state index in [1.54, 1.807) is 11.0 Å². The summed E-state index contributed by atoms with van der Waals surface area (Å²) >= 11 is 1.15. The van der Waals surface area contributed by atoms with Crippen LogP contribution in [-0.4, -0.2) is 64.1 Å². The molecule has 1 saturated heterocycles. The van der Waals surface area contributed by atoms with E-state index in [1.165, 1.54) is 5.01 Å². The van der Waals surface area contributed by atoms with E-state index in [0.717, 1.165) is 22.9 Å². The molecule has 0 bridgehead atoms. The van der Waals surface area contributed by atoms with Gasteiger partial charge in [0.05, 0.1) is 25.2 Å². The van der Waals surface area contributed by atoms with Crippen LogP contribution >= 0.6 is 11.8 Å². The Hall–Kier alpha value is -3.76. The van der Waals surface area contributed by atoms with Crippen LogP contribution in [0.5, 0.6) is 5.75 Å². The number of fused-ring (bicyclic) bond motifs is 1. The van der Waals surface area contributed by atoms with Crippen molar-refractivity contribution in [3.8, 4) is 5.75 Å². The van der Waals surface area contributed by atoms with E-state index in [0.29, 0.717) is 42.3 Å². The zero-order valence-corrected chi connectivity index (χ0v) is 20.5. The summed E-state index contributed by atoms with van der Waals surface area (Å²) in [6.07, 6.45) is 1.61. The minimum atomic E-state index is -0.507. The van der Waals surface area contributed by atoms with Gasteiger partial charge in [0.2, 0.25) is 11.1 Å². The van der Waals surface area contributed by atoms with Crippen LogP contribution in [-0.2, 0) is 14.3 Å². The second kappa shape index (κ2) is 10.5. The van der Waals surface area contributed by atoms with Gasteiger partial charge in [-0.05, 0) is 48.0 Å². The van der Waals surface area contributed by atoms with Crippen LogP contribution in [0.1, 0.15) is 30.6 Å². The Labute approximate surface area is 213 Å². The Morgan fingerprint density at radius 3 is 2.61 bits per heavy atom. The van der Waals surface area contributed by atoms with Crippen molar-refractivity contribution in [1.82, 2.24) is 9.91 Å². The van der Waals surface area contributed by atoms with Crippen molar-refractivity contribution in [3.05, 3.63) is 71.3 Å². The number of carbonyl (C=O) groups is 2. The zero-order valence-electron chi connectivity index (χ0n) is 19.7. The maximum absolute atomic E-state index is 12.7. The summed E-state index contributed by atoms with van der Waals surface area (Å²) in [6.45, 7) is 4.14. The number of nitrogens with one attached hydrogen (secondary N) is 1. The summed E-state index contributed by atoms with van der Waals surface area (Å²) in [5.74, 6) is 0.0774. The second-order valence-electron chi connectivity index (χ2n) is 8.42. The third kappa shape index (κ3) is 5.24. The molecule has 3 aliphatic heterocycles. The van der Waals surface area contributed by atoms with Crippen molar-refractivity contribution in [2.75, 3.05) is 26.3 Å². The molecule has 2 aromatic carbocycles. The molecule has 10 heteroatoms. The smallest absolute Gasteiger partial charge is 0.283 e. The molecule has 0 unspecified atom stereocenters. The molecule has 1 atom stereocenters. The van der Waals surface area contributed by atoms with Crippen molar-refractivity contribution in [2.45, 2.75) is 19.4 Å². The molecule has 5 rings (SSSR count). The molecular formula is C26H25N5O4S. The number of nitrogens with zero attached hydrogens (tertiary/aromatic N) is 4. The number of benzene rings is 2. The molecule has 9 nitrogen and oxygen atoms in total. The second-order valence-corrected chi connectivity index (χ2v) is 9.46. The molecule has 1 N–H and O–H groups in total. The number of hydrogen-bond donors (Lipinski definition) is 1.